The van der Waals surface area contributed by atoms with Gasteiger partial charge in [-0.05, 0) is 5.92 Å². The van der Waals surface area contributed by atoms with E-state index in [0.29, 0.717) is 38.5 Å². The van der Waals surface area contributed by atoms with Crippen molar-refractivity contribution in [2.75, 3.05) is 26.2 Å². The summed E-state index contributed by atoms with van der Waals surface area (Å²) in [6, 6.07) is 0.0373. The highest BCUT2D eigenvalue weighted by Gasteiger charge is 2.36. The first-order valence-corrected chi connectivity index (χ1v) is 6.57. The molecule has 0 aliphatic carbocycles. The second kappa shape index (κ2) is 5.14. The summed E-state index contributed by atoms with van der Waals surface area (Å²) < 4.78 is 0. The predicted octanol–water partition coefficient (Wildman–Crippen LogP) is -0.404. The standard InChI is InChI=1S/C12H22N4O2/c1-8(2)10(13)5-11(17)15-3-4-16-9(7-15)6-14-12(16)18/h8-10H,3-7,13H2,1-2H3,(H,14,18). The lowest BCUT2D eigenvalue weighted by Gasteiger charge is -2.37. The fourth-order valence-corrected chi connectivity index (χ4v) is 2.40. The van der Waals surface area contributed by atoms with Gasteiger partial charge in [-0.3, -0.25) is 4.79 Å². The average molecular weight is 254 g/mol. The molecule has 0 bridgehead atoms. The first kappa shape index (κ1) is 13.1. The van der Waals surface area contributed by atoms with Gasteiger partial charge < -0.3 is 20.9 Å². The predicted molar refractivity (Wildman–Crippen MR) is 67.9 cm³/mol. The second-order valence-electron chi connectivity index (χ2n) is 5.49. The molecule has 2 rings (SSSR count). The summed E-state index contributed by atoms with van der Waals surface area (Å²) in [7, 11) is 0. The third-order valence-electron chi connectivity index (χ3n) is 3.85. The van der Waals surface area contributed by atoms with Gasteiger partial charge in [0.15, 0.2) is 0 Å². The maximum Gasteiger partial charge on any atom is 0.317 e. The minimum absolute atomic E-state index is 0.00835. The van der Waals surface area contributed by atoms with Crippen LogP contribution in [0.15, 0.2) is 0 Å². The number of nitrogens with one attached hydrogen (secondary N) is 1. The molecule has 2 saturated heterocycles. The van der Waals surface area contributed by atoms with E-state index in [2.05, 4.69) is 5.32 Å². The van der Waals surface area contributed by atoms with Gasteiger partial charge in [-0.25, -0.2) is 4.79 Å². The van der Waals surface area contributed by atoms with Crippen LogP contribution in [0.4, 0.5) is 4.79 Å². The highest BCUT2D eigenvalue weighted by atomic mass is 16.2. The smallest absolute Gasteiger partial charge is 0.317 e. The Labute approximate surface area is 107 Å². The largest absolute Gasteiger partial charge is 0.339 e. The summed E-state index contributed by atoms with van der Waals surface area (Å²) in [6.45, 7) is 6.55. The molecule has 2 unspecified atom stereocenters. The van der Waals surface area contributed by atoms with Crippen LogP contribution < -0.4 is 11.1 Å². The lowest BCUT2D eigenvalue weighted by atomic mass is 10.0. The molecule has 6 nitrogen and oxygen atoms in total. The molecule has 2 aliphatic rings. The molecule has 0 aromatic heterocycles. The summed E-state index contributed by atoms with van der Waals surface area (Å²) in [6.07, 6.45) is 0.395. The zero-order valence-electron chi connectivity index (χ0n) is 11.1. The highest BCUT2D eigenvalue weighted by molar-refractivity contribution is 5.79. The Balaban J connectivity index is 1.88. The number of fused-ring (bicyclic) bond motifs is 1. The molecule has 18 heavy (non-hydrogen) atoms. The quantitative estimate of drug-likeness (QED) is 0.719. The minimum Gasteiger partial charge on any atom is -0.339 e. The molecule has 3 amide bonds. The maximum absolute atomic E-state index is 12.1. The van der Waals surface area contributed by atoms with Crippen molar-refractivity contribution in [3.8, 4) is 0 Å². The average Bonchev–Trinajstić information content (AvgIpc) is 2.70. The van der Waals surface area contributed by atoms with Crippen LogP contribution in [-0.2, 0) is 4.79 Å². The number of amides is 3. The lowest BCUT2D eigenvalue weighted by Crippen LogP contribution is -2.54. The van der Waals surface area contributed by atoms with Crippen molar-refractivity contribution in [1.82, 2.24) is 15.1 Å². The summed E-state index contributed by atoms with van der Waals surface area (Å²) in [4.78, 5) is 27.2. The van der Waals surface area contributed by atoms with Crippen molar-refractivity contribution in [1.29, 1.82) is 0 Å². The molecular formula is C12H22N4O2. The van der Waals surface area contributed by atoms with Gasteiger partial charge in [-0.15, -0.1) is 0 Å². The van der Waals surface area contributed by atoms with Crippen molar-refractivity contribution in [3.63, 3.8) is 0 Å². The van der Waals surface area contributed by atoms with E-state index in [1.807, 2.05) is 23.6 Å². The van der Waals surface area contributed by atoms with E-state index in [-0.39, 0.29) is 24.0 Å². The van der Waals surface area contributed by atoms with E-state index in [1.54, 1.807) is 0 Å². The molecule has 0 spiro atoms. The Morgan fingerprint density at radius 3 is 2.89 bits per heavy atom. The van der Waals surface area contributed by atoms with Crippen LogP contribution in [0, 0.1) is 5.92 Å². The Hall–Kier alpha value is -1.30. The van der Waals surface area contributed by atoms with Gasteiger partial charge in [0.05, 0.1) is 6.04 Å². The van der Waals surface area contributed by atoms with Crippen molar-refractivity contribution in [2.24, 2.45) is 11.7 Å². The zero-order chi connectivity index (χ0) is 13.3. The molecule has 0 saturated carbocycles. The summed E-state index contributed by atoms with van der Waals surface area (Å²) in [5.74, 6) is 0.417. The molecule has 0 aromatic rings. The van der Waals surface area contributed by atoms with E-state index in [9.17, 15) is 9.59 Å². The molecule has 0 radical (unpaired) electrons. The Bertz CT molecular complexity index is 345. The third-order valence-corrected chi connectivity index (χ3v) is 3.85. The topological polar surface area (TPSA) is 78.7 Å². The lowest BCUT2D eigenvalue weighted by molar-refractivity contribution is -0.133. The Kier molecular flexibility index (Phi) is 3.75. The zero-order valence-corrected chi connectivity index (χ0v) is 11.1. The summed E-state index contributed by atoms with van der Waals surface area (Å²) >= 11 is 0. The number of nitrogens with zero attached hydrogens (tertiary/aromatic N) is 2. The number of hydrogen-bond donors (Lipinski definition) is 2. The van der Waals surface area contributed by atoms with Gasteiger partial charge >= 0.3 is 6.03 Å². The number of urea groups is 1. The number of nitrogens with two attached hydrogens (primary N) is 1. The van der Waals surface area contributed by atoms with Gasteiger partial charge in [0, 0.05) is 38.6 Å². The Morgan fingerprint density at radius 1 is 1.50 bits per heavy atom. The van der Waals surface area contributed by atoms with Crippen LogP contribution in [-0.4, -0.2) is 60.0 Å². The van der Waals surface area contributed by atoms with E-state index in [4.69, 9.17) is 5.73 Å². The number of piperazine rings is 1. The number of hydrogen-bond acceptors (Lipinski definition) is 3. The molecule has 2 atom stereocenters. The monoisotopic (exact) mass is 254 g/mol. The molecule has 2 fully saturated rings. The van der Waals surface area contributed by atoms with Crippen LogP contribution in [0.25, 0.3) is 0 Å². The van der Waals surface area contributed by atoms with Crippen LogP contribution in [0.5, 0.6) is 0 Å². The molecular weight excluding hydrogens is 232 g/mol. The van der Waals surface area contributed by atoms with Crippen LogP contribution in [0.1, 0.15) is 20.3 Å². The molecule has 6 heteroatoms. The fourth-order valence-electron chi connectivity index (χ4n) is 2.40. The van der Waals surface area contributed by atoms with Crippen LogP contribution in [0.3, 0.4) is 0 Å². The highest BCUT2D eigenvalue weighted by Crippen LogP contribution is 2.16. The first-order valence-electron chi connectivity index (χ1n) is 6.57. The molecule has 0 aromatic carbocycles. The maximum atomic E-state index is 12.1. The van der Waals surface area contributed by atoms with E-state index in [1.165, 1.54) is 0 Å². The van der Waals surface area contributed by atoms with Crippen LogP contribution in [0.2, 0.25) is 0 Å². The van der Waals surface area contributed by atoms with Gasteiger partial charge in [0.1, 0.15) is 0 Å². The molecule has 3 N–H and O–H groups in total. The van der Waals surface area contributed by atoms with Gasteiger partial charge in [0.25, 0.3) is 0 Å². The molecule has 2 aliphatic heterocycles. The SMILES string of the molecule is CC(C)C(N)CC(=O)N1CCN2C(=O)NCC2C1. The number of carbonyl (C=O) groups excluding carboxylic acids is 2. The number of carbonyl (C=O) groups is 2. The van der Waals surface area contributed by atoms with E-state index in [0.717, 1.165) is 0 Å². The summed E-state index contributed by atoms with van der Waals surface area (Å²) in [5.41, 5.74) is 5.93. The second-order valence-corrected chi connectivity index (χ2v) is 5.49. The summed E-state index contributed by atoms with van der Waals surface area (Å²) in [5, 5.41) is 2.80. The van der Waals surface area contributed by atoms with Gasteiger partial charge in [-0.1, -0.05) is 13.8 Å². The first-order chi connectivity index (χ1) is 8.49. The normalized spacial score (nSPS) is 25.1. The molecule has 102 valence electrons. The number of rotatable bonds is 3. The fraction of sp³-hybridized carbons (Fsp3) is 0.833. The van der Waals surface area contributed by atoms with Crippen molar-refractivity contribution < 1.29 is 9.59 Å². The van der Waals surface area contributed by atoms with Crippen molar-refractivity contribution >= 4 is 11.9 Å². The molecule has 2 heterocycles. The van der Waals surface area contributed by atoms with E-state index < -0.39 is 0 Å². The van der Waals surface area contributed by atoms with Gasteiger partial charge in [0.2, 0.25) is 5.91 Å². The van der Waals surface area contributed by atoms with Crippen LogP contribution >= 0.6 is 0 Å². The van der Waals surface area contributed by atoms with Crippen molar-refractivity contribution in [2.45, 2.75) is 32.4 Å². The van der Waals surface area contributed by atoms with E-state index >= 15 is 0 Å². The third kappa shape index (κ3) is 2.58. The Morgan fingerprint density at radius 2 is 2.22 bits per heavy atom. The minimum atomic E-state index is -0.0844. The van der Waals surface area contributed by atoms with Crippen molar-refractivity contribution in [3.05, 3.63) is 0 Å². The van der Waals surface area contributed by atoms with Gasteiger partial charge in [-0.2, -0.15) is 0 Å².